The zero-order valence-electron chi connectivity index (χ0n) is 8.90. The van der Waals surface area contributed by atoms with Crippen molar-refractivity contribution < 1.29 is 0 Å². The monoisotopic (exact) mass is 224 g/mol. The maximum Gasteiger partial charge on any atom is 0.0154 e. The van der Waals surface area contributed by atoms with Gasteiger partial charge in [-0.2, -0.15) is 0 Å². The van der Waals surface area contributed by atoms with Crippen LogP contribution in [-0.4, -0.2) is 0 Å². The molecule has 0 unspecified atom stereocenters. The Labute approximate surface area is 101 Å². The first-order valence-electron chi connectivity index (χ1n) is 5.37. The summed E-state index contributed by atoms with van der Waals surface area (Å²) in [6.45, 7) is 3.82. The van der Waals surface area contributed by atoms with Gasteiger partial charge in [-0.25, -0.2) is 0 Å². The van der Waals surface area contributed by atoms with Crippen molar-refractivity contribution in [3.8, 4) is 11.1 Å². The summed E-state index contributed by atoms with van der Waals surface area (Å²) in [6.07, 6.45) is 2.86. The summed E-state index contributed by atoms with van der Waals surface area (Å²) < 4.78 is 0. The third-order valence-corrected chi connectivity index (χ3v) is 3.74. The number of rotatable bonds is 1. The first kappa shape index (κ1) is 9.73. The van der Waals surface area contributed by atoms with Gasteiger partial charge in [0.2, 0.25) is 0 Å². The van der Waals surface area contributed by atoms with Crippen LogP contribution in [0.4, 0.5) is 0 Å². The molecular weight excluding hydrogens is 212 g/mol. The molecule has 2 aromatic rings. The molecule has 0 saturated heterocycles. The van der Waals surface area contributed by atoms with Crippen LogP contribution in [0, 0.1) is 0 Å². The molecule has 0 aliphatic heterocycles. The molecule has 0 N–H and O–H groups in total. The van der Waals surface area contributed by atoms with Gasteiger partial charge in [-0.3, -0.25) is 0 Å². The molecule has 3 rings (SSSR count). The van der Waals surface area contributed by atoms with Crippen LogP contribution in [-0.2, 0) is 6.42 Å². The third kappa shape index (κ3) is 1.25. The predicted octanol–water partition coefficient (Wildman–Crippen LogP) is 4.19. The Hall–Kier alpha value is -1.47. The van der Waals surface area contributed by atoms with Crippen molar-refractivity contribution in [3.63, 3.8) is 0 Å². The van der Waals surface area contributed by atoms with Crippen LogP contribution in [0.15, 0.2) is 47.9 Å². The highest BCUT2D eigenvalue weighted by Gasteiger charge is 2.20. The van der Waals surface area contributed by atoms with Crippen LogP contribution in [0.2, 0.25) is 0 Å². The summed E-state index contributed by atoms with van der Waals surface area (Å²) >= 11 is 4.61. The lowest BCUT2D eigenvalue weighted by Crippen LogP contribution is -1.86. The average Bonchev–Trinajstić information content (AvgIpc) is 2.69. The molecule has 0 fully saturated rings. The van der Waals surface area contributed by atoms with E-state index in [0.717, 1.165) is 16.9 Å². The van der Waals surface area contributed by atoms with Gasteiger partial charge in [-0.05, 0) is 34.2 Å². The van der Waals surface area contributed by atoms with Crippen LogP contribution in [0.5, 0.6) is 0 Å². The summed E-state index contributed by atoms with van der Waals surface area (Å²) in [6, 6.07) is 12.8. The second kappa shape index (κ2) is 3.53. The summed E-state index contributed by atoms with van der Waals surface area (Å²) in [4.78, 5) is 1.07. The van der Waals surface area contributed by atoms with Crippen LogP contribution < -0.4 is 0 Å². The van der Waals surface area contributed by atoms with Gasteiger partial charge in [0.1, 0.15) is 0 Å². The molecule has 1 aliphatic rings. The summed E-state index contributed by atoms with van der Waals surface area (Å²) in [5.41, 5.74) is 6.53. The van der Waals surface area contributed by atoms with E-state index in [9.17, 15) is 0 Å². The Morgan fingerprint density at radius 2 is 1.88 bits per heavy atom. The third-order valence-electron chi connectivity index (χ3n) is 3.21. The van der Waals surface area contributed by atoms with Crippen molar-refractivity contribution in [1.29, 1.82) is 0 Å². The lowest BCUT2D eigenvalue weighted by Gasteiger charge is -2.06. The average molecular weight is 224 g/mol. The standard InChI is InChI=1S/C15H12S/c1-2-10-7-8-13-12-6-4-3-5-11(12)9-14(13)15(10)16/h2-8,16H,1,9H2. The molecule has 0 amide bonds. The van der Waals surface area contributed by atoms with Crippen molar-refractivity contribution in [1.82, 2.24) is 0 Å². The number of benzene rings is 2. The van der Waals surface area contributed by atoms with Crippen molar-refractivity contribution in [3.05, 3.63) is 59.7 Å². The lowest BCUT2D eigenvalue weighted by molar-refractivity contribution is 1.18. The topological polar surface area (TPSA) is 0 Å². The SMILES string of the molecule is C=Cc1ccc2c(c1S)Cc1ccccc1-2. The van der Waals surface area contributed by atoms with Gasteiger partial charge in [0, 0.05) is 4.90 Å². The first-order valence-corrected chi connectivity index (χ1v) is 5.81. The minimum atomic E-state index is 0.992. The van der Waals surface area contributed by atoms with Gasteiger partial charge in [0.25, 0.3) is 0 Å². The Balaban J connectivity index is 2.28. The molecule has 0 nitrogen and oxygen atoms in total. The number of fused-ring (bicyclic) bond motifs is 3. The van der Waals surface area contributed by atoms with E-state index in [1.165, 1.54) is 22.3 Å². The summed E-state index contributed by atoms with van der Waals surface area (Å²) in [5, 5.41) is 0. The minimum Gasteiger partial charge on any atom is -0.142 e. The fourth-order valence-electron chi connectivity index (χ4n) is 2.38. The van der Waals surface area contributed by atoms with E-state index in [-0.39, 0.29) is 0 Å². The fourth-order valence-corrected chi connectivity index (χ4v) is 2.74. The van der Waals surface area contributed by atoms with Crippen molar-refractivity contribution in [2.75, 3.05) is 0 Å². The molecule has 16 heavy (non-hydrogen) atoms. The maximum atomic E-state index is 4.61. The van der Waals surface area contributed by atoms with E-state index in [1.54, 1.807) is 0 Å². The molecule has 0 aromatic heterocycles. The number of hydrogen-bond acceptors (Lipinski definition) is 1. The predicted molar refractivity (Wildman–Crippen MR) is 72.0 cm³/mol. The van der Waals surface area contributed by atoms with E-state index in [0.29, 0.717) is 0 Å². The highest BCUT2D eigenvalue weighted by Crippen LogP contribution is 2.40. The molecule has 0 radical (unpaired) electrons. The molecule has 1 heteroatoms. The highest BCUT2D eigenvalue weighted by atomic mass is 32.1. The second-order valence-electron chi connectivity index (χ2n) is 4.07. The zero-order chi connectivity index (χ0) is 11.1. The Morgan fingerprint density at radius 3 is 2.69 bits per heavy atom. The Bertz CT molecular complexity index is 582. The number of thiol groups is 1. The Morgan fingerprint density at radius 1 is 1.06 bits per heavy atom. The van der Waals surface area contributed by atoms with Crippen LogP contribution in [0.1, 0.15) is 16.7 Å². The highest BCUT2D eigenvalue weighted by molar-refractivity contribution is 7.80. The summed E-state index contributed by atoms with van der Waals surface area (Å²) in [5.74, 6) is 0. The lowest BCUT2D eigenvalue weighted by atomic mass is 10.0. The molecule has 0 spiro atoms. The van der Waals surface area contributed by atoms with Crippen molar-refractivity contribution in [2.24, 2.45) is 0 Å². The molecule has 1 aliphatic carbocycles. The van der Waals surface area contributed by atoms with Gasteiger partial charge in [0.05, 0.1) is 0 Å². The van der Waals surface area contributed by atoms with E-state index >= 15 is 0 Å². The molecule has 2 aromatic carbocycles. The Kier molecular flexibility index (Phi) is 2.15. The quantitative estimate of drug-likeness (QED) is 0.589. The van der Waals surface area contributed by atoms with Gasteiger partial charge in [-0.15, -0.1) is 12.6 Å². The zero-order valence-corrected chi connectivity index (χ0v) is 9.80. The van der Waals surface area contributed by atoms with Gasteiger partial charge < -0.3 is 0 Å². The normalized spacial score (nSPS) is 12.1. The van der Waals surface area contributed by atoms with Gasteiger partial charge >= 0.3 is 0 Å². The second-order valence-corrected chi connectivity index (χ2v) is 4.51. The molecular formula is C15H12S. The smallest absolute Gasteiger partial charge is 0.0154 e. The van der Waals surface area contributed by atoms with E-state index < -0.39 is 0 Å². The van der Waals surface area contributed by atoms with Crippen molar-refractivity contribution >= 4 is 18.7 Å². The molecule has 0 saturated carbocycles. The molecule has 0 heterocycles. The minimum absolute atomic E-state index is 0.992. The fraction of sp³-hybridized carbons (Fsp3) is 0.0667. The van der Waals surface area contributed by atoms with Gasteiger partial charge in [0.15, 0.2) is 0 Å². The van der Waals surface area contributed by atoms with E-state index in [1.807, 2.05) is 6.08 Å². The van der Waals surface area contributed by atoms with Crippen LogP contribution in [0.25, 0.3) is 17.2 Å². The molecule has 78 valence electrons. The maximum absolute atomic E-state index is 4.61. The number of hydrogen-bond donors (Lipinski definition) is 1. The van der Waals surface area contributed by atoms with Crippen molar-refractivity contribution in [2.45, 2.75) is 11.3 Å². The van der Waals surface area contributed by atoms with E-state index in [2.05, 4.69) is 55.6 Å². The largest absolute Gasteiger partial charge is 0.142 e. The molecule has 0 atom stereocenters. The molecule has 0 bridgehead atoms. The van der Waals surface area contributed by atoms with Crippen LogP contribution >= 0.6 is 12.6 Å². The summed E-state index contributed by atoms with van der Waals surface area (Å²) in [7, 11) is 0. The van der Waals surface area contributed by atoms with Gasteiger partial charge in [-0.1, -0.05) is 49.1 Å². The van der Waals surface area contributed by atoms with E-state index in [4.69, 9.17) is 0 Å². The first-order chi connectivity index (χ1) is 7.81. The van der Waals surface area contributed by atoms with Crippen LogP contribution in [0.3, 0.4) is 0 Å².